The smallest absolute Gasteiger partial charge is 0.255 e. The van der Waals surface area contributed by atoms with Crippen LogP contribution in [0.5, 0.6) is 0 Å². The first kappa shape index (κ1) is 14.4. The van der Waals surface area contributed by atoms with Gasteiger partial charge in [-0.25, -0.2) is 4.98 Å². The lowest BCUT2D eigenvalue weighted by atomic mass is 10.00. The maximum absolute atomic E-state index is 12.6. The van der Waals surface area contributed by atoms with E-state index in [2.05, 4.69) is 22.1 Å². The standard InChI is InChI=1S/C17H25N3O/c1-13-6-5-11-20(12-13)16-15(9-4-10-18-16)17(21)19-14-7-2-3-8-14/h4,9-10,13-14H,2-3,5-8,11-12H2,1H3,(H,19,21). The van der Waals surface area contributed by atoms with Gasteiger partial charge >= 0.3 is 0 Å². The van der Waals surface area contributed by atoms with Crippen LogP contribution in [0.15, 0.2) is 18.3 Å². The van der Waals surface area contributed by atoms with Crippen molar-refractivity contribution in [2.24, 2.45) is 5.92 Å². The normalized spacial score (nSPS) is 23.3. The second-order valence-electron chi connectivity index (χ2n) is 6.52. The lowest BCUT2D eigenvalue weighted by Crippen LogP contribution is -2.38. The Balaban J connectivity index is 1.76. The van der Waals surface area contributed by atoms with Crippen LogP contribution >= 0.6 is 0 Å². The van der Waals surface area contributed by atoms with Crippen molar-refractivity contribution in [3.8, 4) is 0 Å². The molecular weight excluding hydrogens is 262 g/mol. The molecule has 4 heteroatoms. The molecule has 1 aliphatic carbocycles. The first-order valence-electron chi connectivity index (χ1n) is 8.25. The molecule has 4 nitrogen and oxygen atoms in total. The molecule has 1 saturated carbocycles. The van der Waals surface area contributed by atoms with E-state index in [1.807, 2.05) is 12.1 Å². The molecular formula is C17H25N3O. The van der Waals surface area contributed by atoms with Crippen LogP contribution < -0.4 is 10.2 Å². The first-order valence-corrected chi connectivity index (χ1v) is 8.25. The fourth-order valence-electron chi connectivity index (χ4n) is 3.54. The summed E-state index contributed by atoms with van der Waals surface area (Å²) < 4.78 is 0. The quantitative estimate of drug-likeness (QED) is 0.929. The Morgan fingerprint density at radius 3 is 2.86 bits per heavy atom. The minimum absolute atomic E-state index is 0.0447. The molecule has 2 heterocycles. The Hall–Kier alpha value is -1.58. The van der Waals surface area contributed by atoms with Gasteiger partial charge in [0.15, 0.2) is 0 Å². The number of piperidine rings is 1. The van der Waals surface area contributed by atoms with E-state index in [0.29, 0.717) is 12.0 Å². The van der Waals surface area contributed by atoms with Crippen molar-refractivity contribution in [1.29, 1.82) is 0 Å². The highest BCUT2D eigenvalue weighted by Crippen LogP contribution is 2.25. The molecule has 1 amide bonds. The van der Waals surface area contributed by atoms with Gasteiger partial charge in [-0.3, -0.25) is 4.79 Å². The molecule has 21 heavy (non-hydrogen) atoms. The molecule has 3 rings (SSSR count). The maximum atomic E-state index is 12.6. The lowest BCUT2D eigenvalue weighted by molar-refractivity contribution is 0.0938. The Kier molecular flexibility index (Phi) is 4.42. The lowest BCUT2D eigenvalue weighted by Gasteiger charge is -2.32. The van der Waals surface area contributed by atoms with E-state index in [1.165, 1.54) is 25.7 Å². The van der Waals surface area contributed by atoms with Gasteiger partial charge in [-0.2, -0.15) is 0 Å². The van der Waals surface area contributed by atoms with Crippen LogP contribution in [-0.2, 0) is 0 Å². The number of amides is 1. The van der Waals surface area contributed by atoms with Gasteiger partial charge in [0.25, 0.3) is 5.91 Å². The molecule has 1 saturated heterocycles. The molecule has 1 aromatic rings. The number of nitrogens with one attached hydrogen (secondary N) is 1. The van der Waals surface area contributed by atoms with Gasteiger partial charge in [-0.1, -0.05) is 19.8 Å². The largest absolute Gasteiger partial charge is 0.356 e. The van der Waals surface area contributed by atoms with Crippen LogP contribution in [0.3, 0.4) is 0 Å². The monoisotopic (exact) mass is 287 g/mol. The summed E-state index contributed by atoms with van der Waals surface area (Å²) in [5, 5.41) is 3.18. The zero-order valence-corrected chi connectivity index (χ0v) is 12.8. The van der Waals surface area contributed by atoms with Crippen LogP contribution in [-0.4, -0.2) is 30.0 Å². The summed E-state index contributed by atoms with van der Waals surface area (Å²) in [6.45, 7) is 4.28. The zero-order valence-electron chi connectivity index (χ0n) is 12.8. The van der Waals surface area contributed by atoms with Gasteiger partial charge in [0.05, 0.1) is 5.56 Å². The number of pyridine rings is 1. The van der Waals surface area contributed by atoms with Crippen LogP contribution in [0.2, 0.25) is 0 Å². The number of hydrogen-bond acceptors (Lipinski definition) is 3. The van der Waals surface area contributed by atoms with E-state index in [0.717, 1.165) is 37.3 Å². The third kappa shape index (κ3) is 3.36. The Morgan fingerprint density at radius 1 is 1.29 bits per heavy atom. The van der Waals surface area contributed by atoms with Crippen molar-refractivity contribution < 1.29 is 4.79 Å². The molecule has 2 fully saturated rings. The minimum Gasteiger partial charge on any atom is -0.356 e. The summed E-state index contributed by atoms with van der Waals surface area (Å²) in [6.07, 6.45) is 8.93. The van der Waals surface area contributed by atoms with Crippen LogP contribution in [0.4, 0.5) is 5.82 Å². The average molecular weight is 287 g/mol. The van der Waals surface area contributed by atoms with Crippen LogP contribution in [0, 0.1) is 5.92 Å². The van der Waals surface area contributed by atoms with E-state index in [4.69, 9.17) is 0 Å². The molecule has 2 aliphatic rings. The van der Waals surface area contributed by atoms with Gasteiger partial charge in [0.2, 0.25) is 0 Å². The Labute approximate surface area is 126 Å². The second kappa shape index (κ2) is 6.46. The number of hydrogen-bond donors (Lipinski definition) is 1. The summed E-state index contributed by atoms with van der Waals surface area (Å²) in [6, 6.07) is 4.12. The van der Waals surface area contributed by atoms with Gasteiger partial charge in [0, 0.05) is 25.3 Å². The zero-order chi connectivity index (χ0) is 14.7. The van der Waals surface area contributed by atoms with E-state index >= 15 is 0 Å². The van der Waals surface area contributed by atoms with Crippen molar-refractivity contribution in [3.05, 3.63) is 23.9 Å². The summed E-state index contributed by atoms with van der Waals surface area (Å²) in [7, 11) is 0. The minimum atomic E-state index is 0.0447. The second-order valence-corrected chi connectivity index (χ2v) is 6.52. The number of anilines is 1. The summed E-state index contributed by atoms with van der Waals surface area (Å²) in [4.78, 5) is 19.3. The van der Waals surface area contributed by atoms with Crippen molar-refractivity contribution in [2.45, 2.75) is 51.5 Å². The van der Waals surface area contributed by atoms with E-state index in [-0.39, 0.29) is 5.91 Å². The molecule has 0 radical (unpaired) electrons. The maximum Gasteiger partial charge on any atom is 0.255 e. The number of carbonyl (C=O) groups is 1. The van der Waals surface area contributed by atoms with Crippen LogP contribution in [0.25, 0.3) is 0 Å². The number of carbonyl (C=O) groups excluding carboxylic acids is 1. The summed E-state index contributed by atoms with van der Waals surface area (Å²) >= 11 is 0. The highest BCUT2D eigenvalue weighted by molar-refractivity contribution is 5.99. The van der Waals surface area contributed by atoms with Gasteiger partial charge < -0.3 is 10.2 Å². The van der Waals surface area contributed by atoms with Crippen molar-refractivity contribution in [1.82, 2.24) is 10.3 Å². The molecule has 1 unspecified atom stereocenters. The molecule has 1 aromatic heterocycles. The van der Waals surface area contributed by atoms with Crippen molar-refractivity contribution >= 4 is 11.7 Å². The first-order chi connectivity index (χ1) is 10.2. The fourth-order valence-corrected chi connectivity index (χ4v) is 3.54. The van der Waals surface area contributed by atoms with Gasteiger partial charge in [0.1, 0.15) is 5.82 Å². The third-order valence-corrected chi connectivity index (χ3v) is 4.68. The molecule has 0 bridgehead atoms. The SMILES string of the molecule is CC1CCCN(c2ncccc2C(=O)NC2CCCC2)C1. The van der Waals surface area contributed by atoms with E-state index in [1.54, 1.807) is 6.20 Å². The van der Waals surface area contributed by atoms with E-state index in [9.17, 15) is 4.79 Å². The predicted octanol–water partition coefficient (Wildman–Crippen LogP) is 2.99. The number of nitrogens with zero attached hydrogens (tertiary/aromatic N) is 2. The topological polar surface area (TPSA) is 45.2 Å². The van der Waals surface area contributed by atoms with Crippen molar-refractivity contribution in [2.75, 3.05) is 18.0 Å². The van der Waals surface area contributed by atoms with Crippen LogP contribution in [0.1, 0.15) is 55.8 Å². The number of rotatable bonds is 3. The fraction of sp³-hybridized carbons (Fsp3) is 0.647. The van der Waals surface area contributed by atoms with Gasteiger partial charge in [-0.05, 0) is 43.7 Å². The third-order valence-electron chi connectivity index (χ3n) is 4.68. The Morgan fingerprint density at radius 2 is 2.10 bits per heavy atom. The Bertz CT molecular complexity index is 497. The highest BCUT2D eigenvalue weighted by atomic mass is 16.1. The molecule has 114 valence electrons. The molecule has 1 atom stereocenters. The number of aromatic nitrogens is 1. The summed E-state index contributed by atoms with van der Waals surface area (Å²) in [5.41, 5.74) is 0.735. The van der Waals surface area contributed by atoms with E-state index < -0.39 is 0 Å². The predicted molar refractivity (Wildman–Crippen MR) is 84.6 cm³/mol. The molecule has 1 aliphatic heterocycles. The summed E-state index contributed by atoms with van der Waals surface area (Å²) in [5.74, 6) is 1.58. The highest BCUT2D eigenvalue weighted by Gasteiger charge is 2.24. The molecule has 1 N–H and O–H groups in total. The van der Waals surface area contributed by atoms with Gasteiger partial charge in [-0.15, -0.1) is 0 Å². The molecule has 0 spiro atoms. The average Bonchev–Trinajstić information content (AvgIpc) is 3.00. The molecule has 0 aromatic carbocycles. The van der Waals surface area contributed by atoms with Crippen molar-refractivity contribution in [3.63, 3.8) is 0 Å².